The van der Waals surface area contributed by atoms with Gasteiger partial charge in [-0.2, -0.15) is 13.5 Å². The van der Waals surface area contributed by atoms with Gasteiger partial charge in [-0.05, 0) is 18.1 Å². The molecule has 9 heteroatoms. The molecule has 0 fully saturated rings. The van der Waals surface area contributed by atoms with Crippen LogP contribution in [0.5, 0.6) is 0 Å². The van der Waals surface area contributed by atoms with Gasteiger partial charge in [-0.15, -0.1) is 0 Å². The topological polar surface area (TPSA) is 104 Å². The van der Waals surface area contributed by atoms with E-state index in [0.29, 0.717) is 17.7 Å². The summed E-state index contributed by atoms with van der Waals surface area (Å²) in [5, 5.41) is 15.2. The van der Waals surface area contributed by atoms with Gasteiger partial charge in [-0.1, -0.05) is 12.1 Å². The van der Waals surface area contributed by atoms with Gasteiger partial charge in [0.1, 0.15) is 0 Å². The first-order valence-electron chi connectivity index (χ1n) is 6.43. The first-order chi connectivity index (χ1) is 10.4. The van der Waals surface area contributed by atoms with Crippen molar-refractivity contribution in [2.45, 2.75) is 13.0 Å². The lowest BCUT2D eigenvalue weighted by Gasteiger charge is -2.07. The van der Waals surface area contributed by atoms with Crippen LogP contribution in [0.3, 0.4) is 0 Å². The molecule has 1 aromatic heterocycles. The van der Waals surface area contributed by atoms with E-state index in [9.17, 15) is 18.5 Å². The van der Waals surface area contributed by atoms with Gasteiger partial charge in [0.2, 0.25) is 0 Å². The molecule has 8 nitrogen and oxygen atoms in total. The number of hydrogen-bond acceptors (Lipinski definition) is 6. The van der Waals surface area contributed by atoms with Crippen LogP contribution in [-0.2, 0) is 27.3 Å². The molecule has 0 amide bonds. The molecule has 0 saturated heterocycles. The van der Waals surface area contributed by atoms with Crippen molar-refractivity contribution >= 4 is 15.8 Å². The molecule has 0 aliphatic rings. The largest absolute Gasteiger partial charge is 0.273 e. The Hall–Kier alpha value is -2.26. The van der Waals surface area contributed by atoms with Crippen LogP contribution in [0.25, 0.3) is 0 Å². The van der Waals surface area contributed by atoms with Crippen LogP contribution in [-0.4, -0.2) is 36.0 Å². The zero-order chi connectivity index (χ0) is 16.2. The molecular weight excluding hydrogens is 310 g/mol. The SMILES string of the molecule is COS(=O)(=O)CCc1ccc(Cn2cccn2)cc1[N+](=O)[O-]. The number of benzene rings is 1. The second-order valence-corrected chi connectivity index (χ2v) is 6.46. The molecule has 2 aromatic rings. The van der Waals surface area contributed by atoms with E-state index in [1.54, 1.807) is 35.3 Å². The first kappa shape index (κ1) is 16.1. The van der Waals surface area contributed by atoms with Crippen molar-refractivity contribution < 1.29 is 17.5 Å². The monoisotopic (exact) mass is 325 g/mol. The van der Waals surface area contributed by atoms with E-state index in [4.69, 9.17) is 0 Å². The van der Waals surface area contributed by atoms with Crippen LogP contribution in [0, 0.1) is 10.1 Å². The lowest BCUT2D eigenvalue weighted by Crippen LogP contribution is -2.11. The Labute approximate surface area is 127 Å². The molecule has 0 aliphatic heterocycles. The minimum Gasteiger partial charge on any atom is -0.273 e. The van der Waals surface area contributed by atoms with Gasteiger partial charge in [0.25, 0.3) is 15.8 Å². The summed E-state index contributed by atoms with van der Waals surface area (Å²) in [7, 11) is -2.58. The molecule has 1 aromatic carbocycles. The van der Waals surface area contributed by atoms with Crippen molar-refractivity contribution in [1.29, 1.82) is 0 Å². The zero-order valence-electron chi connectivity index (χ0n) is 11.9. The standard InChI is InChI=1S/C13H15N3O5S/c1-21-22(19,20)8-5-12-4-3-11(9-13(12)16(17)18)10-15-7-2-6-14-15/h2-4,6-7,9H,5,8,10H2,1H3. The highest BCUT2D eigenvalue weighted by molar-refractivity contribution is 7.86. The van der Waals surface area contributed by atoms with Crippen molar-refractivity contribution in [2.24, 2.45) is 0 Å². The molecule has 0 unspecified atom stereocenters. The normalized spacial score (nSPS) is 11.5. The maximum absolute atomic E-state index is 11.3. The summed E-state index contributed by atoms with van der Waals surface area (Å²) in [6, 6.07) is 6.50. The average Bonchev–Trinajstić information content (AvgIpc) is 2.98. The van der Waals surface area contributed by atoms with Crippen molar-refractivity contribution in [3.63, 3.8) is 0 Å². The maximum Gasteiger partial charge on any atom is 0.272 e. The van der Waals surface area contributed by atoms with Crippen molar-refractivity contribution in [1.82, 2.24) is 9.78 Å². The van der Waals surface area contributed by atoms with Gasteiger partial charge in [0, 0.05) is 24.0 Å². The predicted octanol–water partition coefficient (Wildman–Crippen LogP) is 1.36. The van der Waals surface area contributed by atoms with Gasteiger partial charge >= 0.3 is 0 Å². The Kier molecular flexibility index (Phi) is 4.88. The summed E-state index contributed by atoms with van der Waals surface area (Å²) >= 11 is 0. The number of rotatable bonds is 7. The highest BCUT2D eigenvalue weighted by Crippen LogP contribution is 2.22. The Balaban J connectivity index is 2.22. The predicted molar refractivity (Wildman–Crippen MR) is 78.9 cm³/mol. The molecule has 0 atom stereocenters. The molecule has 2 rings (SSSR count). The first-order valence-corrected chi connectivity index (χ1v) is 8.01. The lowest BCUT2D eigenvalue weighted by molar-refractivity contribution is -0.385. The minimum absolute atomic E-state index is 0.0224. The van der Waals surface area contributed by atoms with Crippen LogP contribution in [0.15, 0.2) is 36.7 Å². The molecular formula is C13H15N3O5S. The number of hydrogen-bond donors (Lipinski definition) is 0. The van der Waals surface area contributed by atoms with E-state index in [0.717, 1.165) is 7.11 Å². The number of aromatic nitrogens is 2. The van der Waals surface area contributed by atoms with Crippen LogP contribution in [0.4, 0.5) is 5.69 Å². The van der Waals surface area contributed by atoms with Crippen molar-refractivity contribution in [3.05, 3.63) is 57.9 Å². The number of nitro groups is 1. The number of nitrogens with zero attached hydrogens (tertiary/aromatic N) is 3. The average molecular weight is 325 g/mol. The summed E-state index contributed by atoms with van der Waals surface area (Å²) in [6.07, 6.45) is 3.40. The highest BCUT2D eigenvalue weighted by Gasteiger charge is 2.18. The van der Waals surface area contributed by atoms with E-state index in [-0.39, 0.29) is 17.9 Å². The second-order valence-electron chi connectivity index (χ2n) is 4.60. The highest BCUT2D eigenvalue weighted by atomic mass is 32.2. The molecule has 1 heterocycles. The van der Waals surface area contributed by atoms with Crippen molar-refractivity contribution in [3.8, 4) is 0 Å². The maximum atomic E-state index is 11.3. The summed E-state index contributed by atoms with van der Waals surface area (Å²) in [5.74, 6) is -0.303. The number of nitro benzene ring substituents is 1. The zero-order valence-corrected chi connectivity index (χ0v) is 12.7. The molecule has 0 bridgehead atoms. The summed E-state index contributed by atoms with van der Waals surface area (Å²) in [4.78, 5) is 10.7. The molecule has 0 aliphatic carbocycles. The summed E-state index contributed by atoms with van der Waals surface area (Å²) < 4.78 is 28.6. The van der Waals surface area contributed by atoms with E-state index in [1.165, 1.54) is 6.07 Å². The van der Waals surface area contributed by atoms with Crippen LogP contribution in [0.1, 0.15) is 11.1 Å². The Bertz CT molecular complexity index is 756. The molecule has 0 spiro atoms. The fraction of sp³-hybridized carbons (Fsp3) is 0.308. The van der Waals surface area contributed by atoms with Gasteiger partial charge in [-0.25, -0.2) is 0 Å². The molecule has 0 radical (unpaired) electrons. The fourth-order valence-corrected chi connectivity index (χ4v) is 2.63. The van der Waals surface area contributed by atoms with Gasteiger partial charge in [0.05, 0.1) is 24.3 Å². The van der Waals surface area contributed by atoms with E-state index < -0.39 is 15.0 Å². The summed E-state index contributed by atoms with van der Waals surface area (Å²) in [6.45, 7) is 0.407. The van der Waals surface area contributed by atoms with Gasteiger partial charge in [-0.3, -0.25) is 19.0 Å². The molecule has 0 saturated carbocycles. The summed E-state index contributed by atoms with van der Waals surface area (Å²) in [5.41, 5.74) is 0.972. The van der Waals surface area contributed by atoms with Gasteiger partial charge < -0.3 is 0 Å². The molecule has 22 heavy (non-hydrogen) atoms. The van der Waals surface area contributed by atoms with Crippen LogP contribution >= 0.6 is 0 Å². The third-order valence-corrected chi connectivity index (χ3v) is 4.34. The fourth-order valence-electron chi connectivity index (χ4n) is 1.99. The van der Waals surface area contributed by atoms with E-state index in [1.807, 2.05) is 0 Å². The van der Waals surface area contributed by atoms with Crippen LogP contribution in [0.2, 0.25) is 0 Å². The Morgan fingerprint density at radius 1 is 1.41 bits per heavy atom. The van der Waals surface area contributed by atoms with Crippen LogP contribution < -0.4 is 0 Å². The molecule has 118 valence electrons. The van der Waals surface area contributed by atoms with Crippen molar-refractivity contribution in [2.75, 3.05) is 12.9 Å². The third-order valence-electron chi connectivity index (χ3n) is 3.13. The minimum atomic E-state index is -3.65. The van der Waals surface area contributed by atoms with E-state index in [2.05, 4.69) is 9.28 Å². The smallest absolute Gasteiger partial charge is 0.272 e. The van der Waals surface area contributed by atoms with E-state index >= 15 is 0 Å². The second kappa shape index (κ2) is 6.67. The Morgan fingerprint density at radius 2 is 2.18 bits per heavy atom. The number of aryl methyl sites for hydroxylation is 1. The lowest BCUT2D eigenvalue weighted by atomic mass is 10.1. The third kappa shape index (κ3) is 4.12. The Morgan fingerprint density at radius 3 is 2.77 bits per heavy atom. The quantitative estimate of drug-likeness (QED) is 0.432. The van der Waals surface area contributed by atoms with Gasteiger partial charge in [0.15, 0.2) is 0 Å². The molecule has 0 N–H and O–H groups in total.